The van der Waals surface area contributed by atoms with E-state index in [1.54, 1.807) is 0 Å². The SMILES string of the molecule is C=C(C)CCOOC1(OOCCCCCCCCCCOO)CCCCCCCCCCC1. The van der Waals surface area contributed by atoms with Gasteiger partial charge in [-0.3, -0.25) is 5.26 Å². The second kappa shape index (κ2) is 22.0. The van der Waals surface area contributed by atoms with Gasteiger partial charge in [-0.05, 0) is 39.0 Å². The van der Waals surface area contributed by atoms with Gasteiger partial charge in [-0.25, -0.2) is 14.7 Å². The van der Waals surface area contributed by atoms with Crippen LogP contribution in [0.2, 0.25) is 0 Å². The monoisotopic (exact) mass is 472 g/mol. The summed E-state index contributed by atoms with van der Waals surface area (Å²) >= 11 is 0. The molecule has 0 aromatic carbocycles. The van der Waals surface area contributed by atoms with Crippen molar-refractivity contribution in [1.29, 1.82) is 0 Å². The highest BCUT2D eigenvalue weighted by Gasteiger charge is 2.35. The van der Waals surface area contributed by atoms with Gasteiger partial charge < -0.3 is 0 Å². The molecule has 0 bridgehead atoms. The van der Waals surface area contributed by atoms with Gasteiger partial charge in [0.25, 0.3) is 0 Å². The third-order valence-electron chi connectivity index (χ3n) is 6.36. The van der Waals surface area contributed by atoms with Gasteiger partial charge in [0.2, 0.25) is 5.79 Å². The van der Waals surface area contributed by atoms with Crippen molar-refractivity contribution in [3.8, 4) is 0 Å². The predicted molar refractivity (Wildman–Crippen MR) is 133 cm³/mol. The van der Waals surface area contributed by atoms with Crippen LogP contribution in [0.3, 0.4) is 0 Å². The molecule has 0 atom stereocenters. The van der Waals surface area contributed by atoms with E-state index < -0.39 is 5.79 Å². The van der Waals surface area contributed by atoms with Crippen molar-refractivity contribution in [3.63, 3.8) is 0 Å². The molecular weight excluding hydrogens is 420 g/mol. The summed E-state index contributed by atoms with van der Waals surface area (Å²) in [5.74, 6) is -0.799. The van der Waals surface area contributed by atoms with Gasteiger partial charge in [0.15, 0.2) is 0 Å². The van der Waals surface area contributed by atoms with Crippen LogP contribution >= 0.6 is 0 Å². The normalized spacial score (nSPS) is 17.9. The average molecular weight is 473 g/mol. The topological polar surface area (TPSA) is 66.4 Å². The van der Waals surface area contributed by atoms with E-state index in [4.69, 9.17) is 24.8 Å². The van der Waals surface area contributed by atoms with Crippen LogP contribution in [0.5, 0.6) is 0 Å². The molecule has 1 aliphatic rings. The lowest BCUT2D eigenvalue weighted by Crippen LogP contribution is -2.37. The zero-order valence-electron chi connectivity index (χ0n) is 21.5. The Balaban J connectivity index is 2.33. The molecule has 196 valence electrons. The van der Waals surface area contributed by atoms with Crippen LogP contribution in [0.4, 0.5) is 0 Å². The standard InChI is InChI=1S/C27H52O6/c1-26(2)20-25-31-33-27(21-16-12-8-4-3-5-9-13-17-22-27)32-30-24-19-15-11-7-6-10-14-18-23-29-28/h28H,1,3-25H2,2H3. The molecule has 0 aromatic rings. The molecule has 0 unspecified atom stereocenters. The third kappa shape index (κ3) is 18.5. The van der Waals surface area contributed by atoms with E-state index in [-0.39, 0.29) is 0 Å². The van der Waals surface area contributed by atoms with Gasteiger partial charge in [0.1, 0.15) is 0 Å². The van der Waals surface area contributed by atoms with Gasteiger partial charge in [0.05, 0.1) is 19.8 Å². The first-order chi connectivity index (χ1) is 16.2. The van der Waals surface area contributed by atoms with E-state index in [2.05, 4.69) is 11.5 Å². The minimum atomic E-state index is -0.799. The van der Waals surface area contributed by atoms with Crippen molar-refractivity contribution < 1.29 is 29.7 Å². The first kappa shape index (κ1) is 30.5. The largest absolute Gasteiger partial charge is 0.252 e. The van der Waals surface area contributed by atoms with Gasteiger partial charge >= 0.3 is 0 Å². The second-order valence-electron chi connectivity index (χ2n) is 9.77. The summed E-state index contributed by atoms with van der Waals surface area (Å²) in [5, 5.41) is 8.31. The van der Waals surface area contributed by atoms with Gasteiger partial charge in [0, 0.05) is 12.8 Å². The lowest BCUT2D eigenvalue weighted by Gasteiger charge is -2.31. The van der Waals surface area contributed by atoms with Crippen molar-refractivity contribution in [2.75, 3.05) is 19.8 Å². The molecule has 0 aromatic heterocycles. The minimum absolute atomic E-state index is 0.446. The lowest BCUT2D eigenvalue weighted by atomic mass is 9.97. The van der Waals surface area contributed by atoms with Crippen molar-refractivity contribution >= 4 is 0 Å². The highest BCUT2D eigenvalue weighted by molar-refractivity contribution is 4.86. The van der Waals surface area contributed by atoms with Gasteiger partial charge in [-0.2, -0.15) is 9.78 Å². The van der Waals surface area contributed by atoms with E-state index in [0.29, 0.717) is 19.8 Å². The highest BCUT2D eigenvalue weighted by atomic mass is 17.3. The molecule has 33 heavy (non-hydrogen) atoms. The molecule has 6 nitrogen and oxygen atoms in total. The first-order valence-corrected chi connectivity index (χ1v) is 13.7. The smallest absolute Gasteiger partial charge is 0.233 e. The third-order valence-corrected chi connectivity index (χ3v) is 6.36. The van der Waals surface area contributed by atoms with E-state index in [9.17, 15) is 0 Å². The Morgan fingerprint density at radius 3 is 1.55 bits per heavy atom. The molecular formula is C27H52O6. The number of unbranched alkanes of at least 4 members (excludes halogenated alkanes) is 7. The molecule has 0 amide bonds. The molecule has 0 saturated heterocycles. The zero-order valence-corrected chi connectivity index (χ0v) is 21.5. The van der Waals surface area contributed by atoms with Crippen LogP contribution < -0.4 is 0 Å². The molecule has 0 aliphatic heterocycles. The summed E-state index contributed by atoms with van der Waals surface area (Å²) in [6.07, 6.45) is 22.6. The fourth-order valence-corrected chi connectivity index (χ4v) is 4.23. The maximum atomic E-state index is 8.31. The van der Waals surface area contributed by atoms with Crippen molar-refractivity contribution in [2.24, 2.45) is 0 Å². The van der Waals surface area contributed by atoms with Crippen LogP contribution in [0.25, 0.3) is 0 Å². The maximum absolute atomic E-state index is 8.31. The quantitative estimate of drug-likeness (QED) is 0.0709. The highest BCUT2D eigenvalue weighted by Crippen LogP contribution is 2.30. The molecule has 1 saturated carbocycles. The van der Waals surface area contributed by atoms with Crippen LogP contribution in [-0.2, 0) is 24.4 Å². The van der Waals surface area contributed by atoms with Crippen LogP contribution in [0.1, 0.15) is 135 Å². The Hall–Kier alpha value is -0.500. The predicted octanol–water partition coefficient (Wildman–Crippen LogP) is 8.46. The fraction of sp³-hybridized carbons (Fsp3) is 0.926. The summed E-state index contributed by atoms with van der Waals surface area (Å²) in [6, 6.07) is 0. The molecule has 1 rings (SSSR count). The minimum Gasteiger partial charge on any atom is -0.252 e. The Morgan fingerprint density at radius 2 is 1.06 bits per heavy atom. The molecule has 1 fully saturated rings. The molecule has 0 heterocycles. The van der Waals surface area contributed by atoms with E-state index >= 15 is 0 Å². The molecule has 1 N–H and O–H groups in total. The zero-order chi connectivity index (χ0) is 23.9. The Kier molecular flexibility index (Phi) is 20.3. The van der Waals surface area contributed by atoms with E-state index in [1.807, 2.05) is 6.92 Å². The first-order valence-electron chi connectivity index (χ1n) is 13.7. The summed E-state index contributed by atoms with van der Waals surface area (Å²) in [7, 11) is 0. The van der Waals surface area contributed by atoms with Crippen molar-refractivity contribution in [2.45, 2.75) is 141 Å². The van der Waals surface area contributed by atoms with Crippen molar-refractivity contribution in [1.82, 2.24) is 0 Å². The Bertz CT molecular complexity index is 430. The second-order valence-corrected chi connectivity index (χ2v) is 9.77. The summed E-state index contributed by atoms with van der Waals surface area (Å²) in [6.45, 7) is 7.46. The molecule has 1 aliphatic carbocycles. The summed E-state index contributed by atoms with van der Waals surface area (Å²) < 4.78 is 0. The van der Waals surface area contributed by atoms with E-state index in [1.165, 1.54) is 70.6 Å². The fourth-order valence-electron chi connectivity index (χ4n) is 4.23. The van der Waals surface area contributed by atoms with Crippen LogP contribution in [-0.4, -0.2) is 30.9 Å². The molecule has 6 heteroatoms. The van der Waals surface area contributed by atoms with Crippen molar-refractivity contribution in [3.05, 3.63) is 12.2 Å². The van der Waals surface area contributed by atoms with Gasteiger partial charge in [-0.15, -0.1) is 6.58 Å². The Labute approximate surface area is 203 Å². The maximum Gasteiger partial charge on any atom is 0.233 e. The van der Waals surface area contributed by atoms with E-state index in [0.717, 1.165) is 63.4 Å². The molecule has 0 spiro atoms. The number of rotatable bonds is 18. The average Bonchev–Trinajstić information content (AvgIpc) is 2.79. The lowest BCUT2D eigenvalue weighted by molar-refractivity contribution is -0.514. The van der Waals surface area contributed by atoms with Crippen LogP contribution in [0, 0.1) is 0 Å². The summed E-state index contributed by atoms with van der Waals surface area (Å²) in [5.41, 5.74) is 1.09. The Morgan fingerprint density at radius 1 is 0.636 bits per heavy atom. The molecule has 0 radical (unpaired) electrons. The van der Waals surface area contributed by atoms with Crippen LogP contribution in [0.15, 0.2) is 12.2 Å². The number of hydrogen-bond donors (Lipinski definition) is 1. The number of hydrogen-bond acceptors (Lipinski definition) is 6. The van der Waals surface area contributed by atoms with Gasteiger partial charge in [-0.1, -0.05) is 89.0 Å². The summed E-state index contributed by atoms with van der Waals surface area (Å²) in [4.78, 5) is 27.2.